The second kappa shape index (κ2) is 5.11. The highest BCUT2D eigenvalue weighted by molar-refractivity contribution is 5.95. The molecule has 1 fully saturated rings. The molecule has 1 aromatic rings. The Bertz CT molecular complexity index is 416. The minimum absolute atomic E-state index is 0.0410. The van der Waals surface area contributed by atoms with Crippen molar-refractivity contribution in [3.05, 3.63) is 17.8 Å². The van der Waals surface area contributed by atoms with E-state index < -0.39 is 6.04 Å². The monoisotopic (exact) mass is 237 g/mol. The summed E-state index contributed by atoms with van der Waals surface area (Å²) in [5.74, 6) is -0.110. The molecule has 1 amide bonds. The van der Waals surface area contributed by atoms with Gasteiger partial charge in [0.1, 0.15) is 6.04 Å². The van der Waals surface area contributed by atoms with Crippen molar-refractivity contribution in [1.29, 1.82) is 0 Å². The van der Waals surface area contributed by atoms with Gasteiger partial charge in [0.15, 0.2) is 11.6 Å². The Kier molecular flexibility index (Phi) is 3.55. The number of hydrogen-bond donors (Lipinski definition) is 3. The van der Waals surface area contributed by atoms with Gasteiger partial charge in [-0.3, -0.25) is 4.79 Å². The Hall–Kier alpha value is -1.66. The zero-order valence-corrected chi connectivity index (χ0v) is 9.56. The van der Waals surface area contributed by atoms with Crippen LogP contribution in [0, 0.1) is 6.92 Å². The fraction of sp³-hybridized carbons (Fsp3) is 0.455. The molecule has 0 saturated carbocycles. The second-order valence-electron chi connectivity index (χ2n) is 3.89. The lowest BCUT2D eigenvalue weighted by Gasteiger charge is -2.22. The van der Waals surface area contributed by atoms with Gasteiger partial charge in [-0.05, 0) is 19.1 Å². The van der Waals surface area contributed by atoms with Crippen LogP contribution in [-0.2, 0) is 9.53 Å². The van der Waals surface area contributed by atoms with E-state index in [-0.39, 0.29) is 17.5 Å². The zero-order chi connectivity index (χ0) is 12.3. The molecular formula is C11H15N3O3. The summed E-state index contributed by atoms with van der Waals surface area (Å²) >= 11 is 0. The van der Waals surface area contributed by atoms with Crippen molar-refractivity contribution in [2.24, 2.45) is 0 Å². The first kappa shape index (κ1) is 11.8. The van der Waals surface area contributed by atoms with Crippen molar-refractivity contribution in [3.63, 3.8) is 0 Å². The van der Waals surface area contributed by atoms with Gasteiger partial charge in [0.05, 0.1) is 13.2 Å². The fourth-order valence-electron chi connectivity index (χ4n) is 1.58. The molecule has 0 aromatic carbocycles. The number of rotatable bonds is 2. The number of carbonyl (C=O) groups excluding carboxylic acids is 1. The number of nitrogens with one attached hydrogen (secondary N) is 2. The lowest BCUT2D eigenvalue weighted by atomic mass is 10.2. The molecule has 1 aromatic heterocycles. The Morgan fingerprint density at radius 3 is 3.18 bits per heavy atom. The second-order valence-corrected chi connectivity index (χ2v) is 3.89. The van der Waals surface area contributed by atoms with E-state index in [4.69, 9.17) is 4.74 Å². The number of carbonyl (C=O) groups is 1. The lowest BCUT2D eigenvalue weighted by Crippen LogP contribution is -2.48. The molecule has 2 heterocycles. The van der Waals surface area contributed by atoms with E-state index >= 15 is 0 Å². The van der Waals surface area contributed by atoms with Crippen molar-refractivity contribution in [2.45, 2.75) is 13.0 Å². The van der Waals surface area contributed by atoms with Crippen LogP contribution in [0.1, 0.15) is 5.69 Å². The molecule has 0 radical (unpaired) electrons. The number of amides is 1. The summed E-state index contributed by atoms with van der Waals surface area (Å²) in [4.78, 5) is 15.9. The molecule has 1 saturated heterocycles. The van der Waals surface area contributed by atoms with Gasteiger partial charge in [-0.2, -0.15) is 0 Å². The van der Waals surface area contributed by atoms with E-state index in [0.29, 0.717) is 19.8 Å². The minimum atomic E-state index is -0.398. The maximum Gasteiger partial charge on any atom is 0.245 e. The smallest absolute Gasteiger partial charge is 0.245 e. The molecule has 3 N–H and O–H groups in total. The van der Waals surface area contributed by atoms with Crippen LogP contribution in [0.2, 0.25) is 0 Å². The Balaban J connectivity index is 2.04. The van der Waals surface area contributed by atoms with Crippen molar-refractivity contribution < 1.29 is 14.6 Å². The summed E-state index contributed by atoms with van der Waals surface area (Å²) in [6.07, 6.45) is 0. The Labute approximate surface area is 99.0 Å². The van der Waals surface area contributed by atoms with Gasteiger partial charge in [-0.1, -0.05) is 0 Å². The number of pyridine rings is 1. The van der Waals surface area contributed by atoms with Crippen LogP contribution in [0.5, 0.6) is 5.75 Å². The third-order valence-corrected chi connectivity index (χ3v) is 2.49. The summed E-state index contributed by atoms with van der Waals surface area (Å²) in [7, 11) is 0. The van der Waals surface area contributed by atoms with Crippen molar-refractivity contribution in [3.8, 4) is 5.75 Å². The predicted octanol–water partition coefficient (Wildman–Crippen LogP) is 0.0225. The van der Waals surface area contributed by atoms with Gasteiger partial charge in [-0.25, -0.2) is 4.98 Å². The van der Waals surface area contributed by atoms with Crippen molar-refractivity contribution in [2.75, 3.05) is 25.1 Å². The van der Waals surface area contributed by atoms with E-state index in [2.05, 4.69) is 15.6 Å². The van der Waals surface area contributed by atoms with E-state index in [1.54, 1.807) is 13.0 Å². The molecule has 6 heteroatoms. The average Bonchev–Trinajstić information content (AvgIpc) is 2.35. The minimum Gasteiger partial charge on any atom is -0.504 e. The Morgan fingerprint density at radius 1 is 1.65 bits per heavy atom. The number of morpholine rings is 1. The average molecular weight is 237 g/mol. The highest BCUT2D eigenvalue weighted by Gasteiger charge is 2.22. The number of nitrogens with zero attached hydrogens (tertiary/aromatic N) is 1. The molecule has 6 nitrogen and oxygen atoms in total. The number of aryl methyl sites for hydroxylation is 1. The van der Waals surface area contributed by atoms with Crippen molar-refractivity contribution >= 4 is 11.7 Å². The van der Waals surface area contributed by atoms with Gasteiger partial charge in [0.2, 0.25) is 5.91 Å². The summed E-state index contributed by atoms with van der Waals surface area (Å²) in [6.45, 7) is 3.37. The van der Waals surface area contributed by atoms with Crippen LogP contribution in [0.3, 0.4) is 0 Å². The highest BCUT2D eigenvalue weighted by atomic mass is 16.5. The molecule has 0 spiro atoms. The number of ether oxygens (including phenoxy) is 1. The van der Waals surface area contributed by atoms with E-state index in [9.17, 15) is 9.90 Å². The molecule has 1 unspecified atom stereocenters. The molecule has 1 aliphatic rings. The summed E-state index contributed by atoms with van der Waals surface area (Å²) in [6, 6.07) is 2.78. The summed E-state index contributed by atoms with van der Waals surface area (Å²) in [5.41, 5.74) is 0.728. The van der Waals surface area contributed by atoms with Crippen molar-refractivity contribution in [1.82, 2.24) is 10.3 Å². The van der Waals surface area contributed by atoms with Gasteiger partial charge >= 0.3 is 0 Å². The van der Waals surface area contributed by atoms with Crippen LogP contribution in [0.4, 0.5) is 5.82 Å². The highest BCUT2D eigenvalue weighted by Crippen LogP contribution is 2.20. The molecule has 17 heavy (non-hydrogen) atoms. The van der Waals surface area contributed by atoms with Gasteiger partial charge in [0, 0.05) is 12.2 Å². The normalized spacial score (nSPS) is 19.9. The Morgan fingerprint density at radius 2 is 2.47 bits per heavy atom. The van der Waals surface area contributed by atoms with Crippen LogP contribution < -0.4 is 10.6 Å². The largest absolute Gasteiger partial charge is 0.504 e. The first-order valence-corrected chi connectivity index (χ1v) is 5.45. The van der Waals surface area contributed by atoms with Crippen LogP contribution in [0.15, 0.2) is 12.1 Å². The maximum absolute atomic E-state index is 11.8. The first-order valence-electron chi connectivity index (χ1n) is 5.45. The number of aromatic nitrogens is 1. The van der Waals surface area contributed by atoms with Gasteiger partial charge in [-0.15, -0.1) is 0 Å². The zero-order valence-electron chi connectivity index (χ0n) is 9.56. The predicted molar refractivity (Wildman–Crippen MR) is 61.9 cm³/mol. The van der Waals surface area contributed by atoms with Gasteiger partial charge < -0.3 is 20.5 Å². The van der Waals surface area contributed by atoms with Crippen LogP contribution in [-0.4, -0.2) is 41.8 Å². The quantitative estimate of drug-likeness (QED) is 0.675. The number of hydrogen-bond acceptors (Lipinski definition) is 5. The third-order valence-electron chi connectivity index (χ3n) is 2.49. The molecular weight excluding hydrogens is 222 g/mol. The maximum atomic E-state index is 11.8. The van der Waals surface area contributed by atoms with E-state index in [1.807, 2.05) is 0 Å². The van der Waals surface area contributed by atoms with Crippen LogP contribution >= 0.6 is 0 Å². The molecule has 1 atom stereocenters. The molecule has 0 bridgehead atoms. The van der Waals surface area contributed by atoms with Crippen LogP contribution in [0.25, 0.3) is 0 Å². The summed E-state index contributed by atoms with van der Waals surface area (Å²) < 4.78 is 5.19. The number of aromatic hydroxyl groups is 1. The lowest BCUT2D eigenvalue weighted by molar-refractivity contribution is -0.120. The SMILES string of the molecule is Cc1ccc(O)c(NC(=O)C2COCCN2)n1. The van der Waals surface area contributed by atoms with E-state index in [0.717, 1.165) is 5.69 Å². The standard InChI is InChI=1S/C11H15N3O3/c1-7-2-3-9(15)10(13-7)14-11(16)8-6-17-5-4-12-8/h2-3,8,12,15H,4-6H2,1H3,(H,13,14,16). The summed E-state index contributed by atoms with van der Waals surface area (Å²) in [5, 5.41) is 15.2. The molecule has 0 aliphatic carbocycles. The first-order chi connectivity index (χ1) is 8.16. The van der Waals surface area contributed by atoms with Gasteiger partial charge in [0.25, 0.3) is 0 Å². The van der Waals surface area contributed by atoms with E-state index in [1.165, 1.54) is 6.07 Å². The molecule has 2 rings (SSSR count). The third kappa shape index (κ3) is 2.92. The topological polar surface area (TPSA) is 83.5 Å². The number of anilines is 1. The molecule has 92 valence electrons. The fourth-order valence-corrected chi connectivity index (χ4v) is 1.58. The molecule has 1 aliphatic heterocycles.